The molecule has 0 aliphatic carbocycles. The molecule has 0 spiro atoms. The van der Waals surface area contributed by atoms with Crippen LogP contribution in [0.3, 0.4) is 0 Å². The lowest BCUT2D eigenvalue weighted by molar-refractivity contribution is 0.250. The molecule has 0 bridgehead atoms. The van der Waals surface area contributed by atoms with Gasteiger partial charge in [-0.2, -0.15) is 0 Å². The van der Waals surface area contributed by atoms with Gasteiger partial charge in [0.1, 0.15) is 6.61 Å². The molecule has 152 valence electrons. The van der Waals surface area contributed by atoms with E-state index >= 15 is 0 Å². The van der Waals surface area contributed by atoms with E-state index in [4.69, 9.17) is 18.9 Å². The number of nitrogens with zero attached hydrogens (tertiary/aromatic N) is 1. The average molecular weight is 386 g/mol. The maximum atomic E-state index is 6.04. The van der Waals surface area contributed by atoms with Gasteiger partial charge in [0.25, 0.3) is 0 Å². The Morgan fingerprint density at radius 2 is 1.75 bits per heavy atom. The number of ether oxygens (including phenoxy) is 4. The molecular weight excluding hydrogens is 356 g/mol. The van der Waals surface area contributed by atoms with Gasteiger partial charge in [0.05, 0.1) is 27.4 Å². The Bertz CT molecular complexity index is 807. The number of likely N-dealkylation sites (N-methyl/N-ethyl adjacent to an activating group) is 1. The summed E-state index contributed by atoms with van der Waals surface area (Å²) >= 11 is 0. The largest absolute Gasteiger partial charge is 0.493 e. The second kappa shape index (κ2) is 9.17. The Morgan fingerprint density at radius 3 is 2.43 bits per heavy atom. The second-order valence-electron chi connectivity index (χ2n) is 7.07. The number of benzene rings is 2. The molecule has 1 aliphatic heterocycles. The summed E-state index contributed by atoms with van der Waals surface area (Å²) in [6.07, 6.45) is 0.937. The number of rotatable bonds is 8. The maximum absolute atomic E-state index is 6.04. The molecule has 1 aliphatic rings. The van der Waals surface area contributed by atoms with E-state index in [-0.39, 0.29) is 6.04 Å². The average Bonchev–Trinajstić information content (AvgIpc) is 2.71. The van der Waals surface area contributed by atoms with E-state index in [1.54, 1.807) is 21.3 Å². The molecule has 28 heavy (non-hydrogen) atoms. The normalized spacial score (nSPS) is 15.9. The summed E-state index contributed by atoms with van der Waals surface area (Å²) in [5.74, 6) is 3.01. The highest BCUT2D eigenvalue weighted by atomic mass is 16.5. The van der Waals surface area contributed by atoms with Gasteiger partial charge in [-0.1, -0.05) is 12.1 Å². The first-order valence-electron chi connectivity index (χ1n) is 9.51. The fraction of sp³-hybridized carbons (Fsp3) is 0.455. The van der Waals surface area contributed by atoms with E-state index in [1.807, 2.05) is 26.2 Å². The van der Waals surface area contributed by atoms with Gasteiger partial charge in [-0.15, -0.1) is 0 Å². The van der Waals surface area contributed by atoms with Crippen LogP contribution < -0.4 is 24.3 Å². The molecule has 1 N–H and O–H groups in total. The lowest BCUT2D eigenvalue weighted by atomic mass is 9.88. The fourth-order valence-electron chi connectivity index (χ4n) is 3.59. The van der Waals surface area contributed by atoms with Crippen molar-refractivity contribution in [2.75, 3.05) is 55.1 Å². The SMILES string of the molecule is COc1cc2c(cc1OCCN(C)C)C(c1cccc(OC)c1OC)NCC2. The van der Waals surface area contributed by atoms with Gasteiger partial charge >= 0.3 is 0 Å². The topological polar surface area (TPSA) is 52.2 Å². The summed E-state index contributed by atoms with van der Waals surface area (Å²) in [5, 5.41) is 3.62. The summed E-state index contributed by atoms with van der Waals surface area (Å²) in [6, 6.07) is 10.2. The summed E-state index contributed by atoms with van der Waals surface area (Å²) < 4.78 is 22.8. The van der Waals surface area contributed by atoms with E-state index in [9.17, 15) is 0 Å². The van der Waals surface area contributed by atoms with Crippen LogP contribution >= 0.6 is 0 Å². The Morgan fingerprint density at radius 1 is 0.964 bits per heavy atom. The predicted octanol–water partition coefficient (Wildman–Crippen LogP) is 2.89. The first-order chi connectivity index (χ1) is 13.6. The highest BCUT2D eigenvalue weighted by Gasteiger charge is 2.27. The van der Waals surface area contributed by atoms with Crippen LogP contribution in [-0.2, 0) is 6.42 Å². The molecule has 0 amide bonds. The zero-order valence-electron chi connectivity index (χ0n) is 17.4. The molecular formula is C22H30N2O4. The molecule has 6 heteroatoms. The minimum Gasteiger partial charge on any atom is -0.493 e. The van der Waals surface area contributed by atoms with Gasteiger partial charge < -0.3 is 29.2 Å². The quantitative estimate of drug-likeness (QED) is 0.753. The molecule has 0 aromatic heterocycles. The minimum atomic E-state index is -0.00379. The second-order valence-corrected chi connectivity index (χ2v) is 7.07. The highest BCUT2D eigenvalue weighted by Crippen LogP contribution is 2.42. The number of fused-ring (bicyclic) bond motifs is 1. The van der Waals surface area contributed by atoms with Crippen molar-refractivity contribution >= 4 is 0 Å². The van der Waals surface area contributed by atoms with Crippen LogP contribution in [0.4, 0.5) is 0 Å². The first kappa shape index (κ1) is 20.3. The van der Waals surface area contributed by atoms with Crippen LogP contribution in [0.25, 0.3) is 0 Å². The Balaban J connectivity index is 2.01. The van der Waals surface area contributed by atoms with Crippen molar-refractivity contribution in [1.29, 1.82) is 0 Å². The minimum absolute atomic E-state index is 0.00379. The maximum Gasteiger partial charge on any atom is 0.165 e. The summed E-state index contributed by atoms with van der Waals surface area (Å²) in [7, 11) is 9.08. The van der Waals surface area contributed by atoms with Crippen LogP contribution in [-0.4, -0.2) is 60.0 Å². The number of hydrogen-bond donors (Lipinski definition) is 1. The monoisotopic (exact) mass is 386 g/mol. The summed E-state index contributed by atoms with van der Waals surface area (Å²) in [6.45, 7) is 2.32. The molecule has 0 fully saturated rings. The fourth-order valence-corrected chi connectivity index (χ4v) is 3.59. The van der Waals surface area contributed by atoms with Crippen LogP contribution in [0.2, 0.25) is 0 Å². The zero-order chi connectivity index (χ0) is 20.1. The molecule has 2 aromatic rings. The molecule has 0 saturated heterocycles. The Hall–Kier alpha value is -2.44. The van der Waals surface area contributed by atoms with Gasteiger partial charge in [0.15, 0.2) is 23.0 Å². The van der Waals surface area contributed by atoms with Crippen LogP contribution in [0.1, 0.15) is 22.7 Å². The standard InChI is InChI=1S/C22H30N2O4/c1-24(2)11-12-28-20-14-17-15(13-19(20)26-4)9-10-23-21(17)16-7-6-8-18(25-3)22(16)27-5/h6-8,13-14,21,23H,9-12H2,1-5H3. The van der Waals surface area contributed by atoms with E-state index in [0.717, 1.165) is 48.1 Å². The third-order valence-electron chi connectivity index (χ3n) is 5.02. The predicted molar refractivity (Wildman–Crippen MR) is 110 cm³/mol. The number of methoxy groups -OCH3 is 3. The third-order valence-corrected chi connectivity index (χ3v) is 5.02. The number of hydrogen-bond acceptors (Lipinski definition) is 6. The molecule has 0 radical (unpaired) electrons. The van der Waals surface area contributed by atoms with Gasteiger partial charge in [0, 0.05) is 18.7 Å². The summed E-state index contributed by atoms with van der Waals surface area (Å²) in [4.78, 5) is 2.09. The molecule has 3 rings (SSSR count). The molecule has 1 heterocycles. The Kier molecular flexibility index (Phi) is 6.65. The van der Waals surface area contributed by atoms with Gasteiger partial charge in [-0.25, -0.2) is 0 Å². The molecule has 6 nitrogen and oxygen atoms in total. The molecule has 2 aromatic carbocycles. The van der Waals surface area contributed by atoms with E-state index in [1.165, 1.54) is 11.1 Å². The first-order valence-corrected chi connectivity index (χ1v) is 9.51. The third kappa shape index (κ3) is 4.18. The van der Waals surface area contributed by atoms with E-state index in [0.29, 0.717) is 6.61 Å². The number of para-hydroxylation sites is 1. The van der Waals surface area contributed by atoms with Gasteiger partial charge in [0.2, 0.25) is 0 Å². The molecule has 1 atom stereocenters. The van der Waals surface area contributed by atoms with Crippen LogP contribution in [0.5, 0.6) is 23.0 Å². The van der Waals surface area contributed by atoms with E-state index < -0.39 is 0 Å². The van der Waals surface area contributed by atoms with Crippen LogP contribution in [0.15, 0.2) is 30.3 Å². The van der Waals surface area contributed by atoms with Crippen molar-refractivity contribution in [3.05, 3.63) is 47.0 Å². The number of nitrogens with one attached hydrogen (secondary N) is 1. The van der Waals surface area contributed by atoms with Crippen molar-refractivity contribution in [3.63, 3.8) is 0 Å². The van der Waals surface area contributed by atoms with Crippen molar-refractivity contribution in [3.8, 4) is 23.0 Å². The van der Waals surface area contributed by atoms with Gasteiger partial charge in [-0.05, 0) is 49.8 Å². The van der Waals surface area contributed by atoms with E-state index in [2.05, 4.69) is 28.4 Å². The van der Waals surface area contributed by atoms with Crippen molar-refractivity contribution in [1.82, 2.24) is 10.2 Å². The molecule has 1 unspecified atom stereocenters. The molecule has 0 saturated carbocycles. The lowest BCUT2D eigenvalue weighted by Crippen LogP contribution is -2.31. The lowest BCUT2D eigenvalue weighted by Gasteiger charge is -2.30. The Labute approximate surface area is 167 Å². The van der Waals surface area contributed by atoms with Crippen LogP contribution in [0, 0.1) is 0 Å². The summed E-state index contributed by atoms with van der Waals surface area (Å²) in [5.41, 5.74) is 3.48. The smallest absolute Gasteiger partial charge is 0.165 e. The van der Waals surface area contributed by atoms with Gasteiger partial charge in [-0.3, -0.25) is 0 Å². The highest BCUT2D eigenvalue weighted by molar-refractivity contribution is 5.56. The van der Waals surface area contributed by atoms with Crippen molar-refractivity contribution in [2.24, 2.45) is 0 Å². The van der Waals surface area contributed by atoms with Crippen molar-refractivity contribution < 1.29 is 18.9 Å². The van der Waals surface area contributed by atoms with Crippen molar-refractivity contribution in [2.45, 2.75) is 12.5 Å². The zero-order valence-corrected chi connectivity index (χ0v) is 17.4.